The Kier molecular flexibility index (Phi) is 4.67. The van der Waals surface area contributed by atoms with E-state index >= 15 is 0 Å². The number of piperidine rings is 1. The maximum Gasteiger partial charge on any atom is 0.435 e. The van der Waals surface area contributed by atoms with Crippen LogP contribution in [0.4, 0.5) is 18.0 Å². The first-order valence-corrected chi connectivity index (χ1v) is 7.36. The standard InChI is InChI=1S/C14H21F3N4O/c1-4-10-9-12(14(15,16)17)18-21(10)11-5-7-20(8-6-11)13(22)19(2)3/h9,11H,4-8H2,1-3H3. The van der Waals surface area contributed by atoms with Crippen LogP contribution in [0.2, 0.25) is 0 Å². The summed E-state index contributed by atoms with van der Waals surface area (Å²) in [6, 6.07) is 0.972. The molecular formula is C14H21F3N4O. The molecule has 0 bridgehead atoms. The Balaban J connectivity index is 2.11. The van der Waals surface area contributed by atoms with Crippen LogP contribution in [0.25, 0.3) is 0 Å². The minimum atomic E-state index is -4.42. The van der Waals surface area contributed by atoms with Gasteiger partial charge in [0.1, 0.15) is 0 Å². The smallest absolute Gasteiger partial charge is 0.331 e. The van der Waals surface area contributed by atoms with Crippen LogP contribution < -0.4 is 0 Å². The number of hydrogen-bond donors (Lipinski definition) is 0. The molecule has 1 aliphatic rings. The zero-order valence-corrected chi connectivity index (χ0v) is 13.0. The van der Waals surface area contributed by atoms with Crippen LogP contribution in [0.3, 0.4) is 0 Å². The Bertz CT molecular complexity index is 531. The Morgan fingerprint density at radius 1 is 1.36 bits per heavy atom. The first-order chi connectivity index (χ1) is 10.2. The molecule has 0 spiro atoms. The summed E-state index contributed by atoms with van der Waals surface area (Å²) in [7, 11) is 3.37. The van der Waals surface area contributed by atoms with Gasteiger partial charge in [-0.25, -0.2) is 4.79 Å². The van der Waals surface area contributed by atoms with Gasteiger partial charge in [-0.3, -0.25) is 4.68 Å². The van der Waals surface area contributed by atoms with Crippen LogP contribution in [-0.2, 0) is 12.6 Å². The fraction of sp³-hybridized carbons (Fsp3) is 0.714. The number of halogens is 3. The Morgan fingerprint density at radius 2 is 1.95 bits per heavy atom. The molecule has 1 aliphatic heterocycles. The summed E-state index contributed by atoms with van der Waals surface area (Å²) in [5, 5.41) is 3.76. The first kappa shape index (κ1) is 16.6. The number of urea groups is 1. The van der Waals surface area contributed by atoms with Crippen molar-refractivity contribution in [2.45, 2.75) is 38.4 Å². The Labute approximate surface area is 127 Å². The molecule has 0 aromatic carbocycles. The number of aryl methyl sites for hydroxylation is 1. The van der Waals surface area contributed by atoms with Crippen molar-refractivity contribution in [1.29, 1.82) is 0 Å². The van der Waals surface area contributed by atoms with Crippen molar-refractivity contribution in [2.24, 2.45) is 0 Å². The summed E-state index contributed by atoms with van der Waals surface area (Å²) in [4.78, 5) is 15.1. The molecule has 0 N–H and O–H groups in total. The zero-order chi connectivity index (χ0) is 16.5. The molecule has 0 aliphatic carbocycles. The van der Waals surface area contributed by atoms with E-state index in [1.54, 1.807) is 19.0 Å². The minimum Gasteiger partial charge on any atom is -0.331 e. The summed E-state index contributed by atoms with van der Waals surface area (Å²) in [6.07, 6.45) is -2.69. The summed E-state index contributed by atoms with van der Waals surface area (Å²) in [6.45, 7) is 2.89. The molecule has 5 nitrogen and oxygen atoms in total. The van der Waals surface area contributed by atoms with Crippen molar-refractivity contribution in [3.05, 3.63) is 17.5 Å². The molecule has 0 saturated carbocycles. The fourth-order valence-electron chi connectivity index (χ4n) is 2.74. The van der Waals surface area contributed by atoms with Crippen molar-refractivity contribution >= 4 is 6.03 Å². The maximum atomic E-state index is 12.8. The third kappa shape index (κ3) is 3.36. The second-order valence-electron chi connectivity index (χ2n) is 5.71. The molecule has 22 heavy (non-hydrogen) atoms. The second kappa shape index (κ2) is 6.18. The molecule has 1 aromatic rings. The van der Waals surface area contributed by atoms with Crippen LogP contribution in [0.15, 0.2) is 6.07 Å². The van der Waals surface area contributed by atoms with Gasteiger partial charge < -0.3 is 9.80 Å². The highest BCUT2D eigenvalue weighted by molar-refractivity contribution is 5.73. The number of amides is 2. The van der Waals surface area contributed by atoms with E-state index < -0.39 is 11.9 Å². The van der Waals surface area contributed by atoms with Gasteiger partial charge in [-0.2, -0.15) is 18.3 Å². The number of hydrogen-bond acceptors (Lipinski definition) is 2. The van der Waals surface area contributed by atoms with Crippen molar-refractivity contribution in [2.75, 3.05) is 27.2 Å². The highest BCUT2D eigenvalue weighted by Crippen LogP contribution is 2.31. The van der Waals surface area contributed by atoms with Crippen LogP contribution in [0.1, 0.15) is 37.2 Å². The van der Waals surface area contributed by atoms with Gasteiger partial charge in [0.2, 0.25) is 0 Å². The number of aromatic nitrogens is 2. The van der Waals surface area contributed by atoms with E-state index in [1.165, 1.54) is 9.58 Å². The lowest BCUT2D eigenvalue weighted by Crippen LogP contribution is -2.44. The van der Waals surface area contributed by atoms with Gasteiger partial charge in [0, 0.05) is 32.9 Å². The highest BCUT2D eigenvalue weighted by atomic mass is 19.4. The normalized spacial score (nSPS) is 16.9. The molecule has 0 atom stereocenters. The Morgan fingerprint density at radius 3 is 2.41 bits per heavy atom. The lowest BCUT2D eigenvalue weighted by Gasteiger charge is -2.34. The van der Waals surface area contributed by atoms with Crippen LogP contribution in [0, 0.1) is 0 Å². The molecule has 2 rings (SSSR count). The molecule has 124 valence electrons. The number of rotatable bonds is 2. The van der Waals surface area contributed by atoms with Gasteiger partial charge >= 0.3 is 12.2 Å². The predicted octanol–water partition coefficient (Wildman–Crippen LogP) is 2.78. The van der Waals surface area contributed by atoms with Crippen LogP contribution in [-0.4, -0.2) is 52.8 Å². The second-order valence-corrected chi connectivity index (χ2v) is 5.71. The minimum absolute atomic E-state index is 0.0642. The molecule has 0 unspecified atom stereocenters. The lowest BCUT2D eigenvalue weighted by atomic mass is 10.1. The molecule has 1 saturated heterocycles. The molecule has 1 fully saturated rings. The molecule has 0 radical (unpaired) electrons. The first-order valence-electron chi connectivity index (χ1n) is 7.36. The predicted molar refractivity (Wildman–Crippen MR) is 75.5 cm³/mol. The van der Waals surface area contributed by atoms with E-state index in [0.717, 1.165) is 6.07 Å². The highest BCUT2D eigenvalue weighted by Gasteiger charge is 2.36. The quantitative estimate of drug-likeness (QED) is 0.841. The molecule has 1 aromatic heterocycles. The molecule has 2 amide bonds. The average molecular weight is 318 g/mol. The average Bonchev–Trinajstić information content (AvgIpc) is 2.90. The van der Waals surface area contributed by atoms with Gasteiger partial charge in [0.15, 0.2) is 5.69 Å². The monoisotopic (exact) mass is 318 g/mol. The topological polar surface area (TPSA) is 41.4 Å². The summed E-state index contributed by atoms with van der Waals surface area (Å²) in [5.74, 6) is 0. The maximum absolute atomic E-state index is 12.8. The zero-order valence-electron chi connectivity index (χ0n) is 13.0. The van der Waals surface area contributed by atoms with Crippen LogP contribution >= 0.6 is 0 Å². The van der Waals surface area contributed by atoms with Gasteiger partial charge in [-0.15, -0.1) is 0 Å². The Hall–Kier alpha value is -1.73. The van der Waals surface area contributed by atoms with Gasteiger partial charge in [0.05, 0.1) is 6.04 Å². The molecule has 2 heterocycles. The number of carbonyl (C=O) groups excluding carboxylic acids is 1. The van der Waals surface area contributed by atoms with Crippen molar-refractivity contribution in [3.63, 3.8) is 0 Å². The summed E-state index contributed by atoms with van der Waals surface area (Å²) in [5.41, 5.74) is -0.249. The molecule has 8 heteroatoms. The summed E-state index contributed by atoms with van der Waals surface area (Å²) < 4.78 is 39.9. The van der Waals surface area contributed by atoms with Gasteiger partial charge in [-0.05, 0) is 25.3 Å². The van der Waals surface area contributed by atoms with Crippen molar-refractivity contribution in [1.82, 2.24) is 19.6 Å². The third-order valence-electron chi connectivity index (χ3n) is 3.93. The van der Waals surface area contributed by atoms with E-state index in [4.69, 9.17) is 0 Å². The van der Waals surface area contributed by atoms with E-state index in [9.17, 15) is 18.0 Å². The van der Waals surface area contributed by atoms with E-state index in [-0.39, 0.29) is 12.1 Å². The van der Waals surface area contributed by atoms with Gasteiger partial charge in [-0.1, -0.05) is 6.92 Å². The SMILES string of the molecule is CCc1cc(C(F)(F)F)nn1C1CCN(C(=O)N(C)C)CC1. The largest absolute Gasteiger partial charge is 0.435 e. The number of carbonyl (C=O) groups is 1. The van der Waals surface area contributed by atoms with E-state index in [2.05, 4.69) is 5.10 Å². The van der Waals surface area contributed by atoms with Gasteiger partial charge in [0.25, 0.3) is 0 Å². The van der Waals surface area contributed by atoms with E-state index in [1.807, 2.05) is 6.92 Å². The van der Waals surface area contributed by atoms with Crippen molar-refractivity contribution < 1.29 is 18.0 Å². The lowest BCUT2D eigenvalue weighted by molar-refractivity contribution is -0.141. The van der Waals surface area contributed by atoms with E-state index in [0.29, 0.717) is 38.0 Å². The molecular weight excluding hydrogens is 297 g/mol. The van der Waals surface area contributed by atoms with Crippen LogP contribution in [0.5, 0.6) is 0 Å². The number of nitrogens with zero attached hydrogens (tertiary/aromatic N) is 4. The summed E-state index contributed by atoms with van der Waals surface area (Å²) >= 11 is 0. The number of alkyl halides is 3. The number of likely N-dealkylation sites (tertiary alicyclic amines) is 1. The van der Waals surface area contributed by atoms with Crippen molar-refractivity contribution in [3.8, 4) is 0 Å². The fourth-order valence-corrected chi connectivity index (χ4v) is 2.74. The third-order valence-corrected chi connectivity index (χ3v) is 3.93.